The Labute approximate surface area is 240 Å². The lowest BCUT2D eigenvalue weighted by Crippen LogP contribution is -2.56. The number of likely N-dealkylation sites (tertiary alicyclic amines) is 2. The SMILES string of the molecule is CC.O=C(/C=C/c1cccc(C(F)(F)F)c1)N1CCC(O)(C(O)CN2CCC(C3CNc4ccccc43)CC2)CC1. The fraction of sp³-hybridized carbons (Fsp3) is 0.531. The van der Waals surface area contributed by atoms with Gasteiger partial charge in [-0.05, 0) is 80.1 Å². The number of amides is 1. The predicted octanol–water partition coefficient (Wildman–Crippen LogP) is 5.38. The van der Waals surface area contributed by atoms with Gasteiger partial charge in [0.15, 0.2) is 0 Å². The van der Waals surface area contributed by atoms with Gasteiger partial charge in [0, 0.05) is 43.9 Å². The molecule has 2 unspecified atom stereocenters. The van der Waals surface area contributed by atoms with Crippen LogP contribution in [-0.4, -0.2) is 76.9 Å². The number of benzene rings is 2. The molecule has 2 aromatic rings. The smallest absolute Gasteiger partial charge is 0.389 e. The maximum atomic E-state index is 12.9. The van der Waals surface area contributed by atoms with Crippen LogP contribution in [0.5, 0.6) is 0 Å². The van der Waals surface area contributed by atoms with E-state index >= 15 is 0 Å². The molecule has 2 atom stereocenters. The fourth-order valence-corrected chi connectivity index (χ4v) is 6.22. The van der Waals surface area contributed by atoms with Crippen molar-refractivity contribution in [2.75, 3.05) is 44.6 Å². The quantitative estimate of drug-likeness (QED) is 0.405. The van der Waals surface area contributed by atoms with Gasteiger partial charge in [-0.1, -0.05) is 44.2 Å². The van der Waals surface area contributed by atoms with Crippen molar-refractivity contribution in [1.29, 1.82) is 0 Å². The number of aliphatic hydroxyl groups is 2. The molecule has 224 valence electrons. The number of carbonyl (C=O) groups is 1. The molecule has 0 saturated carbocycles. The van der Waals surface area contributed by atoms with E-state index in [1.807, 2.05) is 13.8 Å². The van der Waals surface area contributed by atoms with Crippen molar-refractivity contribution in [2.45, 2.75) is 63.3 Å². The number of fused-ring (bicyclic) bond motifs is 1. The molecule has 0 spiro atoms. The van der Waals surface area contributed by atoms with E-state index in [9.17, 15) is 28.2 Å². The molecule has 0 radical (unpaired) electrons. The number of carbonyl (C=O) groups excluding carboxylic acids is 1. The van der Waals surface area contributed by atoms with Gasteiger partial charge >= 0.3 is 6.18 Å². The van der Waals surface area contributed by atoms with Crippen LogP contribution in [0.1, 0.15) is 62.1 Å². The summed E-state index contributed by atoms with van der Waals surface area (Å²) in [5.41, 5.74) is 0.889. The van der Waals surface area contributed by atoms with Gasteiger partial charge < -0.3 is 25.3 Å². The fourth-order valence-electron chi connectivity index (χ4n) is 6.22. The Hall–Kier alpha value is -2.88. The minimum atomic E-state index is -4.44. The Balaban J connectivity index is 0.00000189. The van der Waals surface area contributed by atoms with E-state index in [1.54, 1.807) is 4.90 Å². The Morgan fingerprint density at radius 2 is 1.76 bits per heavy atom. The Kier molecular flexibility index (Phi) is 10.2. The molecule has 9 heteroatoms. The van der Waals surface area contributed by atoms with E-state index in [2.05, 4.69) is 34.5 Å². The summed E-state index contributed by atoms with van der Waals surface area (Å²) in [6.45, 7) is 7.66. The van der Waals surface area contributed by atoms with Crippen molar-refractivity contribution in [3.8, 4) is 0 Å². The molecule has 3 aliphatic heterocycles. The van der Waals surface area contributed by atoms with Crippen LogP contribution in [0.25, 0.3) is 6.08 Å². The van der Waals surface area contributed by atoms with Gasteiger partial charge in [0.1, 0.15) is 0 Å². The summed E-state index contributed by atoms with van der Waals surface area (Å²) in [6.07, 6.45) is -0.132. The zero-order valence-electron chi connectivity index (χ0n) is 23.9. The first-order valence-corrected chi connectivity index (χ1v) is 14.7. The summed E-state index contributed by atoms with van der Waals surface area (Å²) in [4.78, 5) is 16.4. The molecule has 3 aliphatic rings. The molecule has 0 bridgehead atoms. The van der Waals surface area contributed by atoms with Crippen molar-refractivity contribution in [3.05, 3.63) is 71.3 Å². The lowest BCUT2D eigenvalue weighted by Gasteiger charge is -2.43. The number of nitrogens with one attached hydrogen (secondary N) is 1. The summed E-state index contributed by atoms with van der Waals surface area (Å²) in [5, 5.41) is 25.6. The number of hydrogen-bond acceptors (Lipinski definition) is 5. The van der Waals surface area contributed by atoms with E-state index in [4.69, 9.17) is 0 Å². The second-order valence-electron chi connectivity index (χ2n) is 11.1. The van der Waals surface area contributed by atoms with Crippen LogP contribution in [-0.2, 0) is 11.0 Å². The van der Waals surface area contributed by atoms with Crippen LogP contribution in [0.2, 0.25) is 0 Å². The summed E-state index contributed by atoms with van der Waals surface area (Å²) >= 11 is 0. The van der Waals surface area contributed by atoms with Crippen LogP contribution >= 0.6 is 0 Å². The zero-order chi connectivity index (χ0) is 29.6. The highest BCUT2D eigenvalue weighted by molar-refractivity contribution is 5.91. The molecule has 0 aliphatic carbocycles. The molecular weight excluding hydrogens is 531 g/mol. The van der Waals surface area contributed by atoms with Gasteiger partial charge in [-0.3, -0.25) is 4.79 Å². The standard InChI is InChI=1S/C30H36F3N3O3.C2H6/c31-30(32,33)23-5-3-4-21(18-23)8-9-28(38)36-16-12-29(39,13-17-36)27(37)20-35-14-10-22(11-15-35)25-19-34-26-7-2-1-6-24(25)26;1-2/h1-9,18,22,25,27,34,37,39H,10-17,19-20H2;1-2H3/b9-8+;. The monoisotopic (exact) mass is 573 g/mol. The van der Waals surface area contributed by atoms with Gasteiger partial charge in [0.2, 0.25) is 5.91 Å². The topological polar surface area (TPSA) is 76.0 Å². The van der Waals surface area contributed by atoms with Crippen molar-refractivity contribution in [3.63, 3.8) is 0 Å². The summed E-state index contributed by atoms with van der Waals surface area (Å²) < 4.78 is 38.8. The maximum absolute atomic E-state index is 12.9. The summed E-state index contributed by atoms with van der Waals surface area (Å²) in [6, 6.07) is 13.3. The molecule has 6 nitrogen and oxygen atoms in total. The lowest BCUT2D eigenvalue weighted by molar-refractivity contribution is -0.140. The maximum Gasteiger partial charge on any atom is 0.416 e. The first-order valence-electron chi connectivity index (χ1n) is 14.7. The number of anilines is 1. The van der Waals surface area contributed by atoms with Gasteiger partial charge in [0.25, 0.3) is 0 Å². The molecule has 2 aromatic carbocycles. The molecule has 41 heavy (non-hydrogen) atoms. The summed E-state index contributed by atoms with van der Waals surface area (Å²) in [5.74, 6) is 0.784. The first kappa shape index (κ1) is 31.1. The third-order valence-corrected chi connectivity index (χ3v) is 8.70. The summed E-state index contributed by atoms with van der Waals surface area (Å²) in [7, 11) is 0. The Bertz CT molecular complexity index is 1190. The third kappa shape index (κ3) is 7.50. The Morgan fingerprint density at radius 3 is 2.44 bits per heavy atom. The zero-order valence-corrected chi connectivity index (χ0v) is 23.9. The van der Waals surface area contributed by atoms with Crippen LogP contribution in [0.4, 0.5) is 18.9 Å². The lowest BCUT2D eigenvalue weighted by atomic mass is 9.80. The number of nitrogens with zero attached hydrogens (tertiary/aromatic N) is 2. The number of halogens is 3. The molecule has 5 rings (SSSR count). The van der Waals surface area contributed by atoms with E-state index in [0.29, 0.717) is 23.9 Å². The van der Waals surface area contributed by atoms with E-state index in [0.717, 1.165) is 44.6 Å². The molecular formula is C32H42F3N3O3. The number of aliphatic hydroxyl groups excluding tert-OH is 1. The second kappa shape index (κ2) is 13.4. The van der Waals surface area contributed by atoms with Crippen LogP contribution in [0, 0.1) is 5.92 Å². The van der Waals surface area contributed by atoms with Crippen molar-refractivity contribution < 1.29 is 28.2 Å². The van der Waals surface area contributed by atoms with Gasteiger partial charge in [-0.2, -0.15) is 13.2 Å². The number of piperidine rings is 2. The predicted molar refractivity (Wildman–Crippen MR) is 155 cm³/mol. The molecule has 1 amide bonds. The molecule has 2 saturated heterocycles. The minimum absolute atomic E-state index is 0.248. The van der Waals surface area contributed by atoms with Crippen molar-refractivity contribution in [2.24, 2.45) is 5.92 Å². The highest BCUT2D eigenvalue weighted by Gasteiger charge is 2.41. The number of β-amino-alcohol motifs (C(OH)–C–C–N with tert-alkyl or cyclic N) is 1. The van der Waals surface area contributed by atoms with Gasteiger partial charge in [-0.15, -0.1) is 0 Å². The van der Waals surface area contributed by atoms with Crippen LogP contribution < -0.4 is 5.32 Å². The van der Waals surface area contributed by atoms with E-state index < -0.39 is 23.4 Å². The third-order valence-electron chi connectivity index (χ3n) is 8.70. The van der Waals surface area contributed by atoms with Crippen molar-refractivity contribution in [1.82, 2.24) is 9.80 Å². The number of para-hydroxylation sites is 1. The molecule has 0 aromatic heterocycles. The molecule has 2 fully saturated rings. The second-order valence-corrected chi connectivity index (χ2v) is 11.1. The first-order chi connectivity index (χ1) is 19.6. The number of alkyl halides is 3. The van der Waals surface area contributed by atoms with Gasteiger partial charge in [-0.25, -0.2) is 0 Å². The average Bonchev–Trinajstić information content (AvgIpc) is 3.42. The largest absolute Gasteiger partial charge is 0.416 e. The average molecular weight is 574 g/mol. The number of hydrogen-bond donors (Lipinski definition) is 3. The molecule has 3 N–H and O–H groups in total. The normalized spacial score (nSPS) is 22.0. The molecule has 3 heterocycles. The Morgan fingerprint density at radius 1 is 1.07 bits per heavy atom. The minimum Gasteiger partial charge on any atom is -0.389 e. The highest BCUT2D eigenvalue weighted by Crippen LogP contribution is 2.40. The van der Waals surface area contributed by atoms with Crippen molar-refractivity contribution >= 4 is 17.7 Å². The van der Waals surface area contributed by atoms with E-state index in [-0.39, 0.29) is 31.8 Å². The van der Waals surface area contributed by atoms with Crippen LogP contribution in [0.15, 0.2) is 54.6 Å². The number of rotatable bonds is 6. The highest BCUT2D eigenvalue weighted by atomic mass is 19.4. The van der Waals surface area contributed by atoms with Gasteiger partial charge in [0.05, 0.1) is 17.3 Å². The van der Waals surface area contributed by atoms with E-state index in [1.165, 1.54) is 35.5 Å². The van der Waals surface area contributed by atoms with Crippen LogP contribution in [0.3, 0.4) is 0 Å².